The molecular formula is C30H28F3N7O7S. The number of alkyl carbamates (subject to hydrolysis) is 1. The highest BCUT2D eigenvalue weighted by Crippen LogP contribution is 2.36. The summed E-state index contributed by atoms with van der Waals surface area (Å²) in [5, 5.41) is 23.1. The molecule has 1 N–H and O–H groups in total. The van der Waals surface area contributed by atoms with Crippen LogP contribution < -0.4 is 10.2 Å². The number of ether oxygens (including phenoxy) is 1. The molecule has 1 atom stereocenters. The van der Waals surface area contributed by atoms with Crippen LogP contribution in [0.3, 0.4) is 0 Å². The van der Waals surface area contributed by atoms with Crippen LogP contribution in [0.5, 0.6) is 0 Å². The van der Waals surface area contributed by atoms with Crippen molar-refractivity contribution in [1.29, 1.82) is 5.26 Å². The van der Waals surface area contributed by atoms with E-state index in [1.54, 1.807) is 34.6 Å². The van der Waals surface area contributed by atoms with Crippen molar-refractivity contribution in [3.8, 4) is 28.9 Å². The van der Waals surface area contributed by atoms with Gasteiger partial charge >= 0.3 is 18.2 Å². The first kappa shape index (κ1) is 34.0. The first-order valence-corrected chi connectivity index (χ1v) is 15.9. The minimum Gasteiger partial charge on any atom is -0.444 e. The number of benzene rings is 2. The lowest BCUT2D eigenvalue weighted by Crippen LogP contribution is -2.51. The third-order valence-corrected chi connectivity index (χ3v) is 8.72. The maximum atomic E-state index is 14.1. The van der Waals surface area contributed by atoms with Gasteiger partial charge in [0.2, 0.25) is 17.6 Å². The molecule has 0 fully saturated rings. The van der Waals surface area contributed by atoms with Crippen LogP contribution in [0.1, 0.15) is 52.0 Å². The number of carbonyl (C=O) groups excluding carboxylic acids is 2. The molecule has 14 nitrogen and oxygen atoms in total. The van der Waals surface area contributed by atoms with Gasteiger partial charge in [-0.05, 0) is 58.4 Å². The van der Waals surface area contributed by atoms with Crippen LogP contribution in [0.4, 0.5) is 23.7 Å². The van der Waals surface area contributed by atoms with Gasteiger partial charge in [-0.2, -0.15) is 23.4 Å². The van der Waals surface area contributed by atoms with Gasteiger partial charge in [0, 0.05) is 11.1 Å². The van der Waals surface area contributed by atoms with Crippen molar-refractivity contribution in [1.82, 2.24) is 25.7 Å². The predicted molar refractivity (Wildman–Crippen MR) is 160 cm³/mol. The molecule has 0 bridgehead atoms. The third kappa shape index (κ3) is 7.15. The molecule has 2 aromatic heterocycles. The maximum absolute atomic E-state index is 14.1. The number of nitrogens with one attached hydrogen (secondary N) is 1. The Morgan fingerprint density at radius 2 is 1.73 bits per heavy atom. The van der Waals surface area contributed by atoms with Crippen LogP contribution in [0.25, 0.3) is 22.8 Å². The fourth-order valence-electron chi connectivity index (χ4n) is 4.57. The number of nitriles is 1. The fraction of sp³-hybridized carbons (Fsp3) is 0.367. The summed E-state index contributed by atoms with van der Waals surface area (Å²) in [6.45, 7) is 7.71. The second-order valence-electron chi connectivity index (χ2n) is 12.4. The molecule has 18 heteroatoms. The summed E-state index contributed by atoms with van der Waals surface area (Å²) >= 11 is 0. The molecule has 0 saturated carbocycles. The predicted octanol–water partition coefficient (Wildman–Crippen LogP) is 4.82. The van der Waals surface area contributed by atoms with Gasteiger partial charge in [0.05, 0.1) is 28.9 Å². The normalized spacial score (nSPS) is 16.5. The second kappa shape index (κ2) is 12.0. The molecule has 48 heavy (non-hydrogen) atoms. The molecule has 0 aliphatic carbocycles. The zero-order valence-corrected chi connectivity index (χ0v) is 26.9. The molecule has 2 aromatic carbocycles. The van der Waals surface area contributed by atoms with Crippen molar-refractivity contribution in [3.63, 3.8) is 0 Å². The van der Waals surface area contributed by atoms with Crippen molar-refractivity contribution in [2.45, 2.75) is 69.3 Å². The molecular weight excluding hydrogens is 659 g/mol. The summed E-state index contributed by atoms with van der Waals surface area (Å²) in [5.41, 5.74) is -1.29. The smallest absolute Gasteiger partial charge is 0.444 e. The van der Waals surface area contributed by atoms with Crippen molar-refractivity contribution in [2.75, 3.05) is 10.7 Å². The van der Waals surface area contributed by atoms with E-state index >= 15 is 0 Å². The molecule has 0 radical (unpaired) electrons. The number of nitrogens with zero attached hydrogens (tertiary/aromatic N) is 6. The number of amides is 2. The van der Waals surface area contributed by atoms with E-state index < -0.39 is 56.7 Å². The van der Waals surface area contributed by atoms with E-state index in [0.29, 0.717) is 5.56 Å². The van der Waals surface area contributed by atoms with Gasteiger partial charge in [-0.1, -0.05) is 29.4 Å². The van der Waals surface area contributed by atoms with Crippen molar-refractivity contribution < 1.29 is 44.9 Å². The Bertz CT molecular complexity index is 2030. The van der Waals surface area contributed by atoms with Gasteiger partial charge in [0.25, 0.3) is 5.91 Å². The fourth-order valence-corrected chi connectivity index (χ4v) is 6.17. The van der Waals surface area contributed by atoms with Crippen LogP contribution in [0.15, 0.2) is 56.3 Å². The van der Waals surface area contributed by atoms with E-state index in [4.69, 9.17) is 9.15 Å². The lowest BCUT2D eigenvalue weighted by atomic mass is 9.96. The number of hydrogen-bond acceptors (Lipinski definition) is 12. The number of halogens is 3. The Kier molecular flexibility index (Phi) is 8.54. The van der Waals surface area contributed by atoms with Crippen LogP contribution in [0.2, 0.25) is 0 Å². The minimum atomic E-state index is -4.83. The Balaban J connectivity index is 1.55. The zero-order chi connectivity index (χ0) is 35.2. The molecule has 5 rings (SSSR count). The average molecular weight is 688 g/mol. The maximum Gasteiger partial charge on any atom is 0.471 e. The quantitative estimate of drug-likeness (QED) is 0.291. The molecule has 1 aliphatic rings. The summed E-state index contributed by atoms with van der Waals surface area (Å²) in [5.74, 6) is -3.45. The van der Waals surface area contributed by atoms with E-state index in [1.807, 2.05) is 0 Å². The third-order valence-electron chi connectivity index (χ3n) is 6.93. The highest BCUT2D eigenvalue weighted by molar-refractivity contribution is 7.91. The summed E-state index contributed by atoms with van der Waals surface area (Å²) in [6.07, 6.45) is -5.84. The van der Waals surface area contributed by atoms with Crippen LogP contribution in [0, 0.1) is 11.3 Å². The van der Waals surface area contributed by atoms with Gasteiger partial charge in [0.1, 0.15) is 17.1 Å². The van der Waals surface area contributed by atoms with Crippen LogP contribution >= 0.6 is 0 Å². The average Bonchev–Trinajstić information content (AvgIpc) is 3.69. The number of sulfone groups is 1. The number of fused-ring (bicyclic) bond motifs is 1. The van der Waals surface area contributed by atoms with Crippen molar-refractivity contribution in [3.05, 3.63) is 59.8 Å². The van der Waals surface area contributed by atoms with Gasteiger partial charge < -0.3 is 23.9 Å². The van der Waals surface area contributed by atoms with E-state index in [9.17, 15) is 36.4 Å². The first-order valence-electron chi connectivity index (χ1n) is 14.2. The van der Waals surface area contributed by atoms with Crippen molar-refractivity contribution >= 4 is 27.5 Å². The number of aromatic nitrogens is 4. The summed E-state index contributed by atoms with van der Waals surface area (Å²) < 4.78 is 81.4. The lowest BCUT2D eigenvalue weighted by Gasteiger charge is -2.27. The second-order valence-corrected chi connectivity index (χ2v) is 14.4. The topological polar surface area (TPSA) is 194 Å². The van der Waals surface area contributed by atoms with Crippen LogP contribution in [-0.2, 0) is 37.5 Å². The van der Waals surface area contributed by atoms with Crippen molar-refractivity contribution in [2.24, 2.45) is 0 Å². The van der Waals surface area contributed by atoms with Crippen LogP contribution in [-0.4, -0.2) is 58.2 Å². The molecule has 0 spiro atoms. The summed E-state index contributed by atoms with van der Waals surface area (Å²) in [6, 6.07) is 10.3. The largest absolute Gasteiger partial charge is 0.471 e. The zero-order valence-electron chi connectivity index (χ0n) is 26.1. The molecule has 4 aromatic rings. The van der Waals surface area contributed by atoms with E-state index in [-0.39, 0.29) is 45.9 Å². The highest BCUT2D eigenvalue weighted by atomic mass is 32.2. The highest BCUT2D eigenvalue weighted by Gasteiger charge is 2.41. The van der Waals surface area contributed by atoms with Gasteiger partial charge in [-0.3, -0.25) is 4.79 Å². The Morgan fingerprint density at radius 1 is 1.06 bits per heavy atom. The Labute approximate surface area is 271 Å². The number of rotatable bonds is 6. The molecule has 2 amide bonds. The lowest BCUT2D eigenvalue weighted by molar-refractivity contribution is -0.159. The number of carbonyl (C=O) groups is 2. The van der Waals surface area contributed by atoms with E-state index in [1.165, 1.54) is 42.5 Å². The Hall–Kier alpha value is -5.31. The van der Waals surface area contributed by atoms with Gasteiger partial charge in [-0.25, -0.2) is 13.2 Å². The SMILES string of the molecule is CC(C)(C)OC(=O)N[C@H]1CS(=O)(=O)c2ccc(-c3nnc(C(C)(C)C#N)o3)cc2N(Cc2ccc(-c3noc(C(F)(F)F)n3)cc2)C1=O. The molecule has 252 valence electrons. The molecule has 3 heterocycles. The standard InChI is InChI=1S/C30H28F3N7O7S/c1-28(2,3)46-27(42)35-19-14-48(43,44)21-11-10-18(23-37-38-25(45-23)29(4,5)15-34)12-20(21)40(24(19)41)13-16-6-8-17(9-7-16)22-36-26(47-39-22)30(31,32)33/h6-12,19H,13-14H2,1-5H3,(H,35,42)/t19-/m0/s1. The first-order chi connectivity index (χ1) is 22.3. The molecule has 0 unspecified atom stereocenters. The van der Waals surface area contributed by atoms with E-state index in [0.717, 1.165) is 4.90 Å². The molecule has 1 aliphatic heterocycles. The summed E-state index contributed by atoms with van der Waals surface area (Å²) in [7, 11) is -4.21. The van der Waals surface area contributed by atoms with Gasteiger partial charge in [-0.15, -0.1) is 10.2 Å². The number of anilines is 1. The monoisotopic (exact) mass is 687 g/mol. The number of hydrogen-bond donors (Lipinski definition) is 1. The molecule has 0 saturated heterocycles. The Morgan fingerprint density at radius 3 is 2.33 bits per heavy atom. The summed E-state index contributed by atoms with van der Waals surface area (Å²) in [4.78, 5) is 31.0. The minimum absolute atomic E-state index is 0.0150. The van der Waals surface area contributed by atoms with E-state index in [2.05, 4.69) is 36.2 Å². The van der Waals surface area contributed by atoms with Gasteiger partial charge in [0.15, 0.2) is 9.84 Å². The number of alkyl halides is 3.